The Kier molecular flexibility index (Phi) is 3.49. The SMILES string of the molecule is C[C@H](OCC1CCOC1)C(=O)O. The van der Waals surface area contributed by atoms with Gasteiger partial charge in [0.15, 0.2) is 6.10 Å². The van der Waals surface area contributed by atoms with Crippen LogP contribution in [-0.2, 0) is 14.3 Å². The number of ether oxygens (including phenoxy) is 2. The molecule has 70 valence electrons. The maximum atomic E-state index is 10.3. The molecule has 2 atom stereocenters. The molecule has 0 aromatic rings. The smallest absolute Gasteiger partial charge is 0.332 e. The van der Waals surface area contributed by atoms with Gasteiger partial charge in [0, 0.05) is 12.5 Å². The van der Waals surface area contributed by atoms with Gasteiger partial charge in [0.25, 0.3) is 0 Å². The van der Waals surface area contributed by atoms with Gasteiger partial charge in [-0.15, -0.1) is 0 Å². The number of rotatable bonds is 4. The summed E-state index contributed by atoms with van der Waals surface area (Å²) in [6.45, 7) is 3.51. The Bertz CT molecular complexity index is 151. The quantitative estimate of drug-likeness (QED) is 0.674. The summed E-state index contributed by atoms with van der Waals surface area (Å²) in [6.07, 6.45) is 0.275. The standard InChI is InChI=1S/C8H14O4/c1-6(8(9)10)12-5-7-2-3-11-4-7/h6-7H,2-5H2,1H3,(H,9,10)/t6-,7?/m0/s1. The monoisotopic (exact) mass is 174 g/mol. The number of hydrogen-bond donors (Lipinski definition) is 1. The number of aliphatic carboxylic acids is 1. The van der Waals surface area contributed by atoms with Crippen LogP contribution in [0, 0.1) is 5.92 Å². The molecule has 1 aliphatic rings. The predicted molar refractivity (Wildman–Crippen MR) is 42.0 cm³/mol. The third-order valence-electron chi connectivity index (χ3n) is 1.95. The van der Waals surface area contributed by atoms with Crippen molar-refractivity contribution in [2.24, 2.45) is 5.92 Å². The van der Waals surface area contributed by atoms with Crippen molar-refractivity contribution in [1.82, 2.24) is 0 Å². The van der Waals surface area contributed by atoms with Gasteiger partial charge in [0.05, 0.1) is 13.2 Å². The minimum atomic E-state index is -0.908. The fraction of sp³-hybridized carbons (Fsp3) is 0.875. The van der Waals surface area contributed by atoms with Gasteiger partial charge < -0.3 is 14.6 Å². The van der Waals surface area contributed by atoms with Gasteiger partial charge >= 0.3 is 5.97 Å². The van der Waals surface area contributed by atoms with Crippen molar-refractivity contribution in [1.29, 1.82) is 0 Å². The molecule has 12 heavy (non-hydrogen) atoms. The normalized spacial score (nSPS) is 25.6. The summed E-state index contributed by atoms with van der Waals surface area (Å²) in [6, 6.07) is 0. The van der Waals surface area contributed by atoms with E-state index in [2.05, 4.69) is 0 Å². The van der Waals surface area contributed by atoms with Crippen molar-refractivity contribution in [3.8, 4) is 0 Å². The summed E-state index contributed by atoms with van der Waals surface area (Å²) in [5, 5.41) is 8.50. The number of carboxylic acids is 1. The van der Waals surface area contributed by atoms with Crippen molar-refractivity contribution < 1.29 is 19.4 Å². The van der Waals surface area contributed by atoms with Crippen LogP contribution in [0.3, 0.4) is 0 Å². The lowest BCUT2D eigenvalue weighted by Crippen LogP contribution is -2.23. The van der Waals surface area contributed by atoms with E-state index in [1.807, 2.05) is 0 Å². The van der Waals surface area contributed by atoms with E-state index in [-0.39, 0.29) is 0 Å². The second kappa shape index (κ2) is 4.42. The Labute approximate surface area is 71.5 Å². The van der Waals surface area contributed by atoms with Gasteiger partial charge in [-0.3, -0.25) is 0 Å². The van der Waals surface area contributed by atoms with Crippen LogP contribution in [-0.4, -0.2) is 37.0 Å². The first-order valence-electron chi connectivity index (χ1n) is 4.12. The fourth-order valence-corrected chi connectivity index (χ4v) is 1.07. The minimum Gasteiger partial charge on any atom is -0.479 e. The Balaban J connectivity index is 2.11. The molecule has 0 bridgehead atoms. The van der Waals surface area contributed by atoms with E-state index in [0.29, 0.717) is 19.1 Å². The van der Waals surface area contributed by atoms with Crippen molar-refractivity contribution in [2.75, 3.05) is 19.8 Å². The molecular formula is C8H14O4. The summed E-state index contributed by atoms with van der Waals surface area (Å²) in [5.41, 5.74) is 0. The maximum Gasteiger partial charge on any atom is 0.332 e. The summed E-state index contributed by atoms with van der Waals surface area (Å²) in [4.78, 5) is 10.3. The van der Waals surface area contributed by atoms with Crippen molar-refractivity contribution in [2.45, 2.75) is 19.4 Å². The first-order valence-corrected chi connectivity index (χ1v) is 4.12. The highest BCUT2D eigenvalue weighted by atomic mass is 16.5. The third-order valence-corrected chi connectivity index (χ3v) is 1.95. The zero-order valence-electron chi connectivity index (χ0n) is 7.16. The van der Waals surface area contributed by atoms with Gasteiger partial charge in [-0.25, -0.2) is 4.79 Å². The zero-order chi connectivity index (χ0) is 8.97. The highest BCUT2D eigenvalue weighted by Gasteiger charge is 2.18. The molecule has 1 rings (SSSR count). The average Bonchev–Trinajstić information content (AvgIpc) is 2.51. The van der Waals surface area contributed by atoms with E-state index in [1.165, 1.54) is 6.92 Å². The lowest BCUT2D eigenvalue weighted by Gasteiger charge is -2.11. The van der Waals surface area contributed by atoms with E-state index in [1.54, 1.807) is 0 Å². The van der Waals surface area contributed by atoms with Crippen LogP contribution in [0.4, 0.5) is 0 Å². The largest absolute Gasteiger partial charge is 0.479 e. The highest BCUT2D eigenvalue weighted by Crippen LogP contribution is 2.12. The van der Waals surface area contributed by atoms with E-state index in [9.17, 15) is 4.79 Å². The molecule has 0 radical (unpaired) electrons. The van der Waals surface area contributed by atoms with Gasteiger partial charge in [0.2, 0.25) is 0 Å². The number of carboxylic acid groups (broad SMARTS) is 1. The minimum absolute atomic E-state index is 0.381. The van der Waals surface area contributed by atoms with Gasteiger partial charge in [0.1, 0.15) is 0 Å². The van der Waals surface area contributed by atoms with E-state index >= 15 is 0 Å². The predicted octanol–water partition coefficient (Wildman–Crippen LogP) is 0.513. The molecule has 0 saturated carbocycles. The van der Waals surface area contributed by atoms with Crippen molar-refractivity contribution >= 4 is 5.97 Å². The van der Waals surface area contributed by atoms with Crippen LogP contribution in [0.15, 0.2) is 0 Å². The molecule has 0 aromatic heterocycles. The molecule has 0 amide bonds. The second-order valence-electron chi connectivity index (χ2n) is 3.04. The fourth-order valence-electron chi connectivity index (χ4n) is 1.07. The Morgan fingerprint density at radius 1 is 1.83 bits per heavy atom. The van der Waals surface area contributed by atoms with E-state index in [4.69, 9.17) is 14.6 Å². The van der Waals surface area contributed by atoms with E-state index in [0.717, 1.165) is 13.0 Å². The topological polar surface area (TPSA) is 55.8 Å². The Hall–Kier alpha value is -0.610. The summed E-state index contributed by atoms with van der Waals surface area (Å²) < 4.78 is 10.2. The summed E-state index contributed by atoms with van der Waals surface area (Å²) in [7, 11) is 0. The number of carbonyl (C=O) groups is 1. The first kappa shape index (κ1) is 9.48. The lowest BCUT2D eigenvalue weighted by atomic mass is 10.1. The van der Waals surface area contributed by atoms with Crippen LogP contribution in [0.25, 0.3) is 0 Å². The lowest BCUT2D eigenvalue weighted by molar-refractivity contribution is -0.149. The van der Waals surface area contributed by atoms with Gasteiger partial charge in [-0.1, -0.05) is 0 Å². The van der Waals surface area contributed by atoms with E-state index < -0.39 is 12.1 Å². The summed E-state index contributed by atoms with van der Waals surface area (Å²) in [5.74, 6) is -0.527. The van der Waals surface area contributed by atoms with Gasteiger partial charge in [-0.2, -0.15) is 0 Å². The molecule has 0 aromatic carbocycles. The molecule has 4 heteroatoms. The van der Waals surface area contributed by atoms with Crippen LogP contribution in [0.2, 0.25) is 0 Å². The summed E-state index contributed by atoms with van der Waals surface area (Å²) >= 11 is 0. The highest BCUT2D eigenvalue weighted by molar-refractivity contribution is 5.71. The van der Waals surface area contributed by atoms with Crippen LogP contribution >= 0.6 is 0 Å². The van der Waals surface area contributed by atoms with Crippen LogP contribution < -0.4 is 0 Å². The first-order chi connectivity index (χ1) is 5.70. The molecule has 1 N–H and O–H groups in total. The molecule has 1 fully saturated rings. The zero-order valence-corrected chi connectivity index (χ0v) is 7.16. The third kappa shape index (κ3) is 2.79. The van der Waals surface area contributed by atoms with Crippen LogP contribution in [0.5, 0.6) is 0 Å². The average molecular weight is 174 g/mol. The Morgan fingerprint density at radius 2 is 2.58 bits per heavy atom. The number of hydrogen-bond acceptors (Lipinski definition) is 3. The molecule has 0 spiro atoms. The molecular weight excluding hydrogens is 160 g/mol. The molecule has 1 unspecified atom stereocenters. The molecule has 0 aliphatic carbocycles. The molecule has 4 nitrogen and oxygen atoms in total. The molecule has 1 heterocycles. The molecule has 1 aliphatic heterocycles. The Morgan fingerprint density at radius 3 is 3.08 bits per heavy atom. The molecule has 1 saturated heterocycles. The van der Waals surface area contributed by atoms with Crippen molar-refractivity contribution in [3.63, 3.8) is 0 Å². The van der Waals surface area contributed by atoms with Crippen LogP contribution in [0.1, 0.15) is 13.3 Å². The maximum absolute atomic E-state index is 10.3. The van der Waals surface area contributed by atoms with Crippen molar-refractivity contribution in [3.05, 3.63) is 0 Å². The second-order valence-corrected chi connectivity index (χ2v) is 3.04. The van der Waals surface area contributed by atoms with Gasteiger partial charge in [-0.05, 0) is 13.3 Å².